The van der Waals surface area contributed by atoms with Crippen LogP contribution in [0, 0.1) is 23.2 Å². The fraction of sp³-hybridized carbons (Fsp3) is 0.938. The first-order valence-corrected chi connectivity index (χ1v) is 10.2. The number of amides is 1. The SMILES string of the molecule is CCOP(=O)(CC(=O)NC[C@@H]1CC[C@H]2C[C@@H]1C2(C)C)OCC. The summed E-state index contributed by atoms with van der Waals surface area (Å²) in [4.78, 5) is 12.1. The van der Waals surface area contributed by atoms with Crippen molar-refractivity contribution in [3.05, 3.63) is 0 Å². The van der Waals surface area contributed by atoms with Gasteiger partial charge in [0, 0.05) is 6.54 Å². The van der Waals surface area contributed by atoms with E-state index in [1.165, 1.54) is 19.3 Å². The summed E-state index contributed by atoms with van der Waals surface area (Å²) in [5.74, 6) is 1.88. The Bertz CT molecular complexity index is 439. The van der Waals surface area contributed by atoms with Gasteiger partial charge in [-0.25, -0.2) is 0 Å². The standard InChI is InChI=1S/C16H30NO4P/c1-5-20-22(19,21-6-2)11-15(18)17-10-12-7-8-13-9-14(12)16(13,3)4/h12-14H,5-11H2,1-4H3,(H,17,18)/t12-,13-,14-/m0/s1. The summed E-state index contributed by atoms with van der Waals surface area (Å²) in [5, 5.41) is 2.95. The summed E-state index contributed by atoms with van der Waals surface area (Å²) in [5.41, 5.74) is 0.416. The molecule has 5 nitrogen and oxygen atoms in total. The predicted octanol–water partition coefficient (Wildman–Crippen LogP) is 3.44. The van der Waals surface area contributed by atoms with Gasteiger partial charge in [0.1, 0.15) is 6.16 Å². The van der Waals surface area contributed by atoms with Crippen LogP contribution in [0.15, 0.2) is 0 Å². The summed E-state index contributed by atoms with van der Waals surface area (Å²) in [7, 11) is -3.29. The lowest BCUT2D eigenvalue weighted by atomic mass is 9.45. The van der Waals surface area contributed by atoms with E-state index >= 15 is 0 Å². The average molecular weight is 331 g/mol. The molecule has 0 aromatic carbocycles. The highest BCUT2D eigenvalue weighted by molar-refractivity contribution is 7.54. The van der Waals surface area contributed by atoms with Crippen LogP contribution in [0.25, 0.3) is 0 Å². The van der Waals surface area contributed by atoms with Crippen LogP contribution < -0.4 is 5.32 Å². The third kappa shape index (κ3) is 3.74. The topological polar surface area (TPSA) is 64.6 Å². The minimum absolute atomic E-state index is 0.182. The Hall–Kier alpha value is -0.380. The van der Waals surface area contributed by atoms with Gasteiger partial charge in [0.05, 0.1) is 13.2 Å². The third-order valence-corrected chi connectivity index (χ3v) is 7.53. The highest BCUT2D eigenvalue weighted by atomic mass is 31.2. The summed E-state index contributed by atoms with van der Waals surface area (Å²) in [6, 6.07) is 0. The fourth-order valence-electron chi connectivity index (χ4n) is 4.21. The molecule has 3 rings (SSSR count). The number of fused-ring (bicyclic) bond motifs is 2. The Morgan fingerprint density at radius 1 is 1.23 bits per heavy atom. The lowest BCUT2D eigenvalue weighted by Gasteiger charge is -2.60. The molecule has 6 heteroatoms. The maximum Gasteiger partial charge on any atom is 0.340 e. The molecule has 3 saturated carbocycles. The molecule has 0 aromatic heterocycles. The van der Waals surface area contributed by atoms with E-state index in [1.807, 2.05) is 0 Å². The van der Waals surface area contributed by atoms with E-state index in [9.17, 15) is 9.36 Å². The molecule has 0 saturated heterocycles. The van der Waals surface area contributed by atoms with Crippen LogP contribution in [0.3, 0.4) is 0 Å². The van der Waals surface area contributed by atoms with E-state index in [0.717, 1.165) is 5.92 Å². The maximum absolute atomic E-state index is 12.3. The van der Waals surface area contributed by atoms with Crippen LogP contribution in [0.2, 0.25) is 0 Å². The molecule has 0 aliphatic heterocycles. The van der Waals surface area contributed by atoms with Gasteiger partial charge in [-0.2, -0.15) is 0 Å². The van der Waals surface area contributed by atoms with Gasteiger partial charge in [-0.3, -0.25) is 9.36 Å². The molecule has 1 N–H and O–H groups in total. The van der Waals surface area contributed by atoms with Crippen molar-refractivity contribution in [3.8, 4) is 0 Å². The van der Waals surface area contributed by atoms with Gasteiger partial charge < -0.3 is 14.4 Å². The van der Waals surface area contributed by atoms with Crippen LogP contribution in [0.1, 0.15) is 47.0 Å². The second-order valence-electron chi connectivity index (χ2n) is 7.11. The Morgan fingerprint density at radius 2 is 1.86 bits per heavy atom. The number of rotatable bonds is 8. The molecule has 2 bridgehead atoms. The Kier molecular flexibility index (Phi) is 5.73. The summed E-state index contributed by atoms with van der Waals surface area (Å²) in [6.07, 6.45) is 3.57. The molecule has 0 unspecified atom stereocenters. The first kappa shape index (κ1) is 18.0. The van der Waals surface area contributed by atoms with E-state index in [2.05, 4.69) is 19.2 Å². The molecular formula is C16H30NO4P. The summed E-state index contributed by atoms with van der Waals surface area (Å²) >= 11 is 0. The fourth-order valence-corrected chi connectivity index (χ4v) is 5.71. The predicted molar refractivity (Wildman–Crippen MR) is 86.8 cm³/mol. The smallest absolute Gasteiger partial charge is 0.340 e. The molecule has 0 heterocycles. The largest absolute Gasteiger partial charge is 0.355 e. The normalized spacial score (nSPS) is 29.7. The van der Waals surface area contributed by atoms with E-state index < -0.39 is 7.60 Å². The van der Waals surface area contributed by atoms with Gasteiger partial charge >= 0.3 is 7.60 Å². The van der Waals surface area contributed by atoms with Crippen molar-refractivity contribution in [1.82, 2.24) is 5.32 Å². The number of carbonyl (C=O) groups excluding carboxylic acids is 1. The van der Waals surface area contributed by atoms with Crippen LogP contribution >= 0.6 is 7.60 Å². The van der Waals surface area contributed by atoms with Crippen molar-refractivity contribution in [2.24, 2.45) is 23.2 Å². The first-order chi connectivity index (χ1) is 10.3. The lowest BCUT2D eigenvalue weighted by molar-refractivity contribution is -0.123. The quantitative estimate of drug-likeness (QED) is 0.692. The Balaban J connectivity index is 1.81. The number of nitrogens with one attached hydrogen (secondary N) is 1. The van der Waals surface area contributed by atoms with Crippen LogP contribution in [0.5, 0.6) is 0 Å². The highest BCUT2D eigenvalue weighted by Gasteiger charge is 2.53. The maximum atomic E-state index is 12.3. The zero-order valence-electron chi connectivity index (χ0n) is 14.3. The molecule has 22 heavy (non-hydrogen) atoms. The minimum Gasteiger partial charge on any atom is -0.355 e. The second-order valence-corrected chi connectivity index (χ2v) is 9.16. The average Bonchev–Trinajstić information content (AvgIpc) is 2.45. The molecule has 0 spiro atoms. The van der Waals surface area contributed by atoms with Gasteiger partial charge in [-0.05, 0) is 56.3 Å². The molecule has 3 fully saturated rings. The molecule has 0 aromatic rings. The van der Waals surface area contributed by atoms with Crippen molar-refractivity contribution in [3.63, 3.8) is 0 Å². The van der Waals surface area contributed by atoms with Crippen molar-refractivity contribution >= 4 is 13.5 Å². The van der Waals surface area contributed by atoms with Crippen molar-refractivity contribution in [1.29, 1.82) is 0 Å². The third-order valence-electron chi connectivity index (χ3n) is 5.55. The molecular weight excluding hydrogens is 301 g/mol. The second kappa shape index (κ2) is 7.02. The van der Waals surface area contributed by atoms with Crippen LogP contribution in [-0.4, -0.2) is 31.8 Å². The molecule has 128 valence electrons. The molecule has 1 amide bonds. The summed E-state index contributed by atoms with van der Waals surface area (Å²) < 4.78 is 22.7. The van der Waals surface area contributed by atoms with Crippen LogP contribution in [-0.2, 0) is 18.4 Å². The summed E-state index contributed by atoms with van der Waals surface area (Å²) in [6.45, 7) is 9.44. The van der Waals surface area contributed by atoms with Gasteiger partial charge in [0.2, 0.25) is 5.91 Å². The van der Waals surface area contributed by atoms with Gasteiger partial charge in [-0.1, -0.05) is 13.8 Å². The minimum atomic E-state index is -3.29. The first-order valence-electron chi connectivity index (χ1n) is 8.47. The zero-order chi connectivity index (χ0) is 16.4. The van der Waals surface area contributed by atoms with Crippen molar-refractivity contribution < 1.29 is 18.4 Å². The molecule has 0 radical (unpaired) electrons. The lowest BCUT2D eigenvalue weighted by Crippen LogP contribution is -2.54. The Morgan fingerprint density at radius 3 is 2.36 bits per heavy atom. The number of hydrogen-bond acceptors (Lipinski definition) is 4. The van der Waals surface area contributed by atoms with E-state index in [1.54, 1.807) is 13.8 Å². The zero-order valence-corrected chi connectivity index (χ0v) is 15.2. The van der Waals surface area contributed by atoms with E-state index in [0.29, 0.717) is 23.8 Å². The molecule has 3 aliphatic rings. The number of carbonyl (C=O) groups is 1. The van der Waals surface area contributed by atoms with Gasteiger partial charge in [0.15, 0.2) is 0 Å². The van der Waals surface area contributed by atoms with E-state index in [-0.39, 0.29) is 25.3 Å². The van der Waals surface area contributed by atoms with Crippen molar-refractivity contribution in [2.45, 2.75) is 47.0 Å². The van der Waals surface area contributed by atoms with E-state index in [4.69, 9.17) is 9.05 Å². The Labute approximate surface area is 134 Å². The monoisotopic (exact) mass is 331 g/mol. The van der Waals surface area contributed by atoms with Gasteiger partial charge in [-0.15, -0.1) is 0 Å². The van der Waals surface area contributed by atoms with Gasteiger partial charge in [0.25, 0.3) is 0 Å². The number of hydrogen-bond donors (Lipinski definition) is 1. The molecule has 3 atom stereocenters. The molecule has 3 aliphatic carbocycles. The highest BCUT2D eigenvalue weighted by Crippen LogP contribution is 2.61. The van der Waals surface area contributed by atoms with Crippen LogP contribution in [0.4, 0.5) is 0 Å². The van der Waals surface area contributed by atoms with Crippen molar-refractivity contribution in [2.75, 3.05) is 25.9 Å².